The molecule has 16 heavy (non-hydrogen) atoms. The first-order valence-electron chi connectivity index (χ1n) is 4.54. The highest BCUT2D eigenvalue weighted by Crippen LogP contribution is 2.28. The molecule has 0 aliphatic rings. The molecule has 1 aromatic rings. The lowest BCUT2D eigenvalue weighted by molar-refractivity contribution is -0.140. The van der Waals surface area contributed by atoms with E-state index in [1.165, 1.54) is 7.11 Å². The molecule has 0 bridgehead atoms. The van der Waals surface area contributed by atoms with Gasteiger partial charge in [-0.2, -0.15) is 0 Å². The largest absolute Gasteiger partial charge is 0.480 e. The summed E-state index contributed by atoms with van der Waals surface area (Å²) in [6.07, 6.45) is 0.809. The lowest BCUT2D eigenvalue weighted by Gasteiger charge is -2.07. The topological polar surface area (TPSA) is 48.4 Å². The van der Waals surface area contributed by atoms with E-state index in [4.69, 9.17) is 4.74 Å². The molecular formula is C10H11Br2NO3. The van der Waals surface area contributed by atoms with Crippen molar-refractivity contribution in [3.05, 3.63) is 20.7 Å². The highest BCUT2D eigenvalue weighted by atomic mass is 79.9. The molecule has 0 spiro atoms. The number of nitrogens with zero attached hydrogens (tertiary/aromatic N) is 1. The molecule has 1 rings (SSSR count). The van der Waals surface area contributed by atoms with Crippen molar-refractivity contribution in [2.45, 2.75) is 12.8 Å². The van der Waals surface area contributed by atoms with Crippen molar-refractivity contribution >= 4 is 37.8 Å². The molecule has 0 saturated carbocycles. The predicted octanol–water partition coefficient (Wildman–Crippen LogP) is 2.72. The summed E-state index contributed by atoms with van der Waals surface area (Å²) in [5, 5.41) is 0. The quantitative estimate of drug-likeness (QED) is 0.782. The zero-order valence-corrected chi connectivity index (χ0v) is 12.1. The third-order valence-electron chi connectivity index (χ3n) is 1.96. The van der Waals surface area contributed by atoms with Crippen molar-refractivity contribution in [1.82, 2.24) is 4.98 Å². The number of halogens is 2. The summed E-state index contributed by atoms with van der Waals surface area (Å²) < 4.78 is 11.3. The van der Waals surface area contributed by atoms with Crippen molar-refractivity contribution in [3.63, 3.8) is 0 Å². The molecule has 6 heteroatoms. The second-order valence-electron chi connectivity index (χ2n) is 2.98. The van der Waals surface area contributed by atoms with Gasteiger partial charge in [0.25, 0.3) is 0 Å². The third kappa shape index (κ3) is 3.45. The van der Waals surface area contributed by atoms with Gasteiger partial charge in [0.2, 0.25) is 5.88 Å². The van der Waals surface area contributed by atoms with Gasteiger partial charge in [-0.3, -0.25) is 4.79 Å². The second-order valence-corrected chi connectivity index (χ2v) is 4.69. The zero-order chi connectivity index (χ0) is 12.1. The van der Waals surface area contributed by atoms with E-state index in [0.29, 0.717) is 18.7 Å². The molecule has 0 radical (unpaired) electrons. The van der Waals surface area contributed by atoms with Crippen LogP contribution < -0.4 is 4.74 Å². The molecule has 0 amide bonds. The maximum absolute atomic E-state index is 11.0. The Morgan fingerprint density at radius 1 is 1.38 bits per heavy atom. The van der Waals surface area contributed by atoms with Crippen LogP contribution in [0.1, 0.15) is 12.1 Å². The van der Waals surface area contributed by atoms with Crippen molar-refractivity contribution in [3.8, 4) is 5.88 Å². The minimum Gasteiger partial charge on any atom is -0.480 e. The van der Waals surface area contributed by atoms with E-state index in [2.05, 4.69) is 41.6 Å². The summed E-state index contributed by atoms with van der Waals surface area (Å²) in [6, 6.07) is 1.85. The van der Waals surface area contributed by atoms with Crippen molar-refractivity contribution in [1.29, 1.82) is 0 Å². The van der Waals surface area contributed by atoms with E-state index in [1.54, 1.807) is 7.11 Å². The van der Waals surface area contributed by atoms with Gasteiger partial charge in [-0.15, -0.1) is 0 Å². The Labute approximate surface area is 111 Å². The second kappa shape index (κ2) is 6.20. The summed E-state index contributed by atoms with van der Waals surface area (Å²) in [5.74, 6) is 0.249. The van der Waals surface area contributed by atoms with Gasteiger partial charge in [0.05, 0.1) is 30.8 Å². The van der Waals surface area contributed by atoms with Gasteiger partial charge in [0.15, 0.2) is 0 Å². The number of ether oxygens (including phenoxy) is 2. The highest BCUT2D eigenvalue weighted by Gasteiger charge is 2.10. The summed E-state index contributed by atoms with van der Waals surface area (Å²) in [6.45, 7) is 0. The normalized spacial score (nSPS) is 10.0. The number of pyridine rings is 1. The number of hydrogen-bond donors (Lipinski definition) is 0. The fourth-order valence-corrected chi connectivity index (χ4v) is 2.43. The maximum atomic E-state index is 11.0. The van der Waals surface area contributed by atoms with Crippen LogP contribution in [0.4, 0.5) is 0 Å². The Bertz CT molecular complexity index is 396. The van der Waals surface area contributed by atoms with Crippen LogP contribution in [0, 0.1) is 0 Å². The molecule has 1 heterocycles. The van der Waals surface area contributed by atoms with Crippen LogP contribution >= 0.6 is 31.9 Å². The van der Waals surface area contributed by atoms with Crippen LogP contribution in [0.3, 0.4) is 0 Å². The van der Waals surface area contributed by atoms with Crippen LogP contribution in [0.25, 0.3) is 0 Å². The molecule has 88 valence electrons. The number of rotatable bonds is 4. The van der Waals surface area contributed by atoms with Gasteiger partial charge in [-0.05, 0) is 37.9 Å². The number of carbonyl (C=O) groups is 1. The molecule has 0 fully saturated rings. The minimum absolute atomic E-state index is 0.254. The van der Waals surface area contributed by atoms with Gasteiger partial charge >= 0.3 is 5.97 Å². The number of methoxy groups -OCH3 is 2. The Morgan fingerprint density at radius 3 is 2.62 bits per heavy atom. The monoisotopic (exact) mass is 351 g/mol. The number of aromatic nitrogens is 1. The molecule has 0 aliphatic carbocycles. The average molecular weight is 353 g/mol. The van der Waals surface area contributed by atoms with Crippen LogP contribution in [0.15, 0.2) is 15.0 Å². The Morgan fingerprint density at radius 2 is 2.06 bits per heavy atom. The molecule has 0 aromatic carbocycles. The maximum Gasteiger partial charge on any atom is 0.305 e. The van der Waals surface area contributed by atoms with Gasteiger partial charge < -0.3 is 9.47 Å². The lowest BCUT2D eigenvalue weighted by Crippen LogP contribution is -2.04. The first kappa shape index (κ1) is 13.4. The molecular weight excluding hydrogens is 342 g/mol. The van der Waals surface area contributed by atoms with Crippen molar-refractivity contribution in [2.24, 2.45) is 0 Å². The zero-order valence-electron chi connectivity index (χ0n) is 8.92. The molecule has 0 saturated heterocycles. The van der Waals surface area contributed by atoms with E-state index in [-0.39, 0.29) is 5.97 Å². The van der Waals surface area contributed by atoms with Gasteiger partial charge in [-0.1, -0.05) is 0 Å². The molecule has 0 atom stereocenters. The standard InChI is InChI=1S/C10H11Br2NO3/c1-15-9(14)4-3-8-6(11)5-7(12)10(13-8)16-2/h5H,3-4H2,1-2H3. The summed E-state index contributed by atoms with van der Waals surface area (Å²) in [5.41, 5.74) is 0.769. The fraction of sp³-hybridized carbons (Fsp3) is 0.400. The molecule has 0 unspecified atom stereocenters. The molecule has 4 nitrogen and oxygen atoms in total. The highest BCUT2D eigenvalue weighted by molar-refractivity contribution is 9.11. The number of hydrogen-bond acceptors (Lipinski definition) is 4. The predicted molar refractivity (Wildman–Crippen MR) is 66.5 cm³/mol. The fourth-order valence-electron chi connectivity index (χ4n) is 1.13. The smallest absolute Gasteiger partial charge is 0.305 e. The van der Waals surface area contributed by atoms with Crippen LogP contribution in [0.5, 0.6) is 5.88 Å². The SMILES string of the molecule is COC(=O)CCc1nc(OC)c(Br)cc1Br. The van der Waals surface area contributed by atoms with E-state index in [1.807, 2.05) is 6.07 Å². The Kier molecular flexibility index (Phi) is 5.21. The molecule has 0 N–H and O–H groups in total. The number of esters is 1. The summed E-state index contributed by atoms with van der Waals surface area (Å²) in [4.78, 5) is 15.3. The Balaban J connectivity index is 2.83. The first-order chi connectivity index (χ1) is 7.58. The van der Waals surface area contributed by atoms with E-state index in [9.17, 15) is 4.79 Å². The van der Waals surface area contributed by atoms with E-state index < -0.39 is 0 Å². The molecule has 1 aromatic heterocycles. The van der Waals surface area contributed by atoms with Crippen LogP contribution in [0.2, 0.25) is 0 Å². The van der Waals surface area contributed by atoms with Crippen molar-refractivity contribution < 1.29 is 14.3 Å². The Hall–Kier alpha value is -0.620. The first-order valence-corrected chi connectivity index (χ1v) is 6.12. The van der Waals surface area contributed by atoms with E-state index in [0.717, 1.165) is 14.6 Å². The molecule has 0 aliphatic heterocycles. The number of carbonyl (C=O) groups excluding carboxylic acids is 1. The summed E-state index contributed by atoms with van der Waals surface area (Å²) in [7, 11) is 2.91. The third-order valence-corrected chi connectivity index (χ3v) is 3.21. The van der Waals surface area contributed by atoms with Crippen LogP contribution in [-0.4, -0.2) is 25.2 Å². The van der Waals surface area contributed by atoms with Gasteiger partial charge in [0.1, 0.15) is 0 Å². The minimum atomic E-state index is -0.254. The van der Waals surface area contributed by atoms with Gasteiger partial charge in [0, 0.05) is 10.9 Å². The lowest BCUT2D eigenvalue weighted by atomic mass is 10.2. The van der Waals surface area contributed by atoms with Gasteiger partial charge in [-0.25, -0.2) is 4.98 Å². The number of aryl methyl sites for hydroxylation is 1. The van der Waals surface area contributed by atoms with Crippen LogP contribution in [-0.2, 0) is 16.0 Å². The van der Waals surface area contributed by atoms with Crippen molar-refractivity contribution in [2.75, 3.05) is 14.2 Å². The van der Waals surface area contributed by atoms with E-state index >= 15 is 0 Å². The summed E-state index contributed by atoms with van der Waals surface area (Å²) >= 11 is 6.71. The average Bonchev–Trinajstić information content (AvgIpc) is 2.27.